The van der Waals surface area contributed by atoms with Crippen LogP contribution in [0.15, 0.2) is 66.7 Å². The molecule has 0 bridgehead atoms. The maximum absolute atomic E-state index is 13.2. The minimum absolute atomic E-state index is 0.0411. The summed E-state index contributed by atoms with van der Waals surface area (Å²) in [4.78, 5) is 60.9. The Hall–Kier alpha value is -5.15. The zero-order valence-electron chi connectivity index (χ0n) is 25.5. The number of ketones is 4. The highest BCUT2D eigenvalue weighted by molar-refractivity contribution is 6.53. The van der Waals surface area contributed by atoms with E-state index in [4.69, 9.17) is 21.3 Å². The van der Waals surface area contributed by atoms with Gasteiger partial charge in [-0.05, 0) is 36.2 Å². The number of aryl methyl sites for hydroxylation is 1. The van der Waals surface area contributed by atoms with E-state index in [0.717, 1.165) is 11.4 Å². The smallest absolute Gasteiger partial charge is 0.254 e. The van der Waals surface area contributed by atoms with Crippen LogP contribution in [0.25, 0.3) is 22.5 Å². The van der Waals surface area contributed by atoms with E-state index in [2.05, 4.69) is 4.98 Å². The molecule has 0 amide bonds. The average molecular weight is 633 g/mol. The molecule has 2 aliphatic rings. The molecule has 0 spiro atoms. The second-order valence-corrected chi connectivity index (χ2v) is 12.3. The molecule has 0 N–H and O–H groups in total. The Bertz CT molecular complexity index is 2110. The number of aromatic nitrogens is 4. The van der Waals surface area contributed by atoms with Gasteiger partial charge in [-0.25, -0.2) is 9.97 Å². The summed E-state index contributed by atoms with van der Waals surface area (Å²) >= 11 is 6.08. The predicted molar refractivity (Wildman–Crippen MR) is 172 cm³/mol. The highest BCUT2D eigenvalue weighted by Gasteiger charge is 2.37. The van der Waals surface area contributed by atoms with Crippen LogP contribution >= 0.6 is 11.6 Å². The van der Waals surface area contributed by atoms with Crippen molar-refractivity contribution in [1.29, 1.82) is 0 Å². The molecule has 9 nitrogen and oxygen atoms in total. The summed E-state index contributed by atoms with van der Waals surface area (Å²) in [6, 6.07) is 19.7. The first kappa shape index (κ1) is 29.6. The Labute approximate surface area is 269 Å². The van der Waals surface area contributed by atoms with E-state index in [1.54, 1.807) is 24.3 Å². The first-order valence-corrected chi connectivity index (χ1v) is 15.5. The number of rotatable bonds is 8. The monoisotopic (exact) mass is 632 g/mol. The Morgan fingerprint density at radius 2 is 1.48 bits per heavy atom. The van der Waals surface area contributed by atoms with Crippen molar-refractivity contribution >= 4 is 34.7 Å². The van der Waals surface area contributed by atoms with Gasteiger partial charge in [-0.3, -0.25) is 19.2 Å². The molecule has 230 valence electrons. The summed E-state index contributed by atoms with van der Waals surface area (Å²) in [5.41, 5.74) is 4.65. The number of nitrogens with zero attached hydrogens (tertiary/aromatic N) is 4. The number of hydrogen-bond donors (Lipinski definition) is 0. The third kappa shape index (κ3) is 4.79. The van der Waals surface area contributed by atoms with Gasteiger partial charge >= 0.3 is 0 Å². The van der Waals surface area contributed by atoms with E-state index < -0.39 is 23.1 Å². The van der Waals surface area contributed by atoms with Gasteiger partial charge in [0.2, 0.25) is 11.6 Å². The summed E-state index contributed by atoms with van der Waals surface area (Å²) in [6.07, 6.45) is 1.18. The minimum Gasteiger partial charge on any atom is -0.494 e. The molecular formula is C36H29ClN4O5. The molecule has 0 atom stereocenters. The number of ether oxygens (including phenoxy) is 1. The van der Waals surface area contributed by atoms with Crippen molar-refractivity contribution in [2.45, 2.75) is 39.2 Å². The van der Waals surface area contributed by atoms with E-state index >= 15 is 0 Å². The van der Waals surface area contributed by atoms with Crippen LogP contribution in [-0.2, 0) is 20.0 Å². The van der Waals surface area contributed by atoms with Crippen molar-refractivity contribution < 1.29 is 23.9 Å². The lowest BCUT2D eigenvalue weighted by Gasteiger charge is -2.17. The topological polar surface area (TPSA) is 113 Å². The van der Waals surface area contributed by atoms with Crippen LogP contribution in [0.1, 0.15) is 85.1 Å². The van der Waals surface area contributed by atoms with E-state index in [9.17, 15) is 19.2 Å². The van der Waals surface area contributed by atoms with Crippen LogP contribution in [-0.4, -0.2) is 48.8 Å². The summed E-state index contributed by atoms with van der Waals surface area (Å²) < 4.78 is 9.72. The van der Waals surface area contributed by atoms with Crippen molar-refractivity contribution in [2.75, 3.05) is 6.61 Å². The lowest BCUT2D eigenvalue weighted by molar-refractivity contribution is 0.0810. The Balaban J connectivity index is 1.04. The summed E-state index contributed by atoms with van der Waals surface area (Å²) in [6.45, 7) is 4.84. The van der Waals surface area contributed by atoms with E-state index in [0.29, 0.717) is 81.9 Å². The fraction of sp³-hybridized carbons (Fsp3) is 0.222. The zero-order chi connectivity index (χ0) is 32.3. The number of Topliss-reactive ketones (excluding diaryl/α,β-unsaturated/α-hetero) is 4. The SMILES string of the molecule is CC(C)c1nc2c(n1Cc1ccc(OCCCc3nc4c(n3C)-c3ccc(Cl)cc3C(=O)C4=O)cc1)C(=O)C(=O)c1ccccc1-2. The summed E-state index contributed by atoms with van der Waals surface area (Å²) in [5, 5.41) is 0.398. The molecule has 2 heterocycles. The Morgan fingerprint density at radius 3 is 2.22 bits per heavy atom. The van der Waals surface area contributed by atoms with Crippen LogP contribution in [0.5, 0.6) is 5.75 Å². The van der Waals surface area contributed by atoms with Gasteiger partial charge in [0.15, 0.2) is 0 Å². The number of halogens is 1. The van der Waals surface area contributed by atoms with Gasteiger partial charge in [-0.15, -0.1) is 0 Å². The highest BCUT2D eigenvalue weighted by Crippen LogP contribution is 2.37. The van der Waals surface area contributed by atoms with Gasteiger partial charge in [0, 0.05) is 53.2 Å². The maximum atomic E-state index is 13.2. The van der Waals surface area contributed by atoms with Gasteiger partial charge in [0.05, 0.1) is 12.3 Å². The Kier molecular flexibility index (Phi) is 7.28. The molecule has 0 radical (unpaired) electrons. The molecular weight excluding hydrogens is 604 g/mol. The first-order valence-electron chi connectivity index (χ1n) is 15.1. The zero-order valence-corrected chi connectivity index (χ0v) is 26.2. The third-order valence-electron chi connectivity index (χ3n) is 8.53. The number of carbonyl (C=O) groups excluding carboxylic acids is 4. The number of carbonyl (C=O) groups is 4. The lowest BCUT2D eigenvalue weighted by Crippen LogP contribution is -2.24. The quantitative estimate of drug-likeness (QED) is 0.141. The van der Waals surface area contributed by atoms with Gasteiger partial charge in [0.1, 0.15) is 34.5 Å². The summed E-state index contributed by atoms with van der Waals surface area (Å²) in [5.74, 6) is -0.105. The van der Waals surface area contributed by atoms with Crippen molar-refractivity contribution in [2.24, 2.45) is 7.05 Å². The molecule has 46 heavy (non-hydrogen) atoms. The molecule has 3 aromatic carbocycles. The molecule has 2 aliphatic carbocycles. The van der Waals surface area contributed by atoms with Crippen LogP contribution in [0.4, 0.5) is 0 Å². The van der Waals surface area contributed by atoms with Crippen molar-refractivity contribution in [3.8, 4) is 28.3 Å². The second kappa shape index (κ2) is 11.3. The van der Waals surface area contributed by atoms with Crippen molar-refractivity contribution in [3.63, 3.8) is 0 Å². The van der Waals surface area contributed by atoms with Crippen LogP contribution in [0.3, 0.4) is 0 Å². The molecule has 0 unspecified atom stereocenters. The van der Waals surface area contributed by atoms with Gasteiger partial charge in [-0.1, -0.05) is 67.9 Å². The van der Waals surface area contributed by atoms with Gasteiger partial charge in [-0.2, -0.15) is 0 Å². The van der Waals surface area contributed by atoms with E-state index in [1.807, 2.05) is 66.4 Å². The standard InChI is InChI=1S/C36H29ClN4O5/c1-19(2)36-39-28-23-7-4-5-8-25(23)32(42)35(45)31(28)41(36)18-20-10-13-22(14-11-20)46-16-6-9-27-38-29-30(40(27)3)24-15-12-21(37)17-26(24)33(43)34(29)44/h4-5,7-8,10-15,17,19H,6,9,16,18H2,1-3H3. The van der Waals surface area contributed by atoms with E-state index in [-0.39, 0.29) is 11.6 Å². The lowest BCUT2D eigenvalue weighted by atomic mass is 9.90. The van der Waals surface area contributed by atoms with E-state index in [1.165, 1.54) is 6.07 Å². The normalized spacial score (nSPS) is 13.5. The predicted octanol–water partition coefficient (Wildman–Crippen LogP) is 6.55. The highest BCUT2D eigenvalue weighted by atomic mass is 35.5. The number of hydrogen-bond acceptors (Lipinski definition) is 7. The molecule has 5 aromatic rings. The second-order valence-electron chi connectivity index (χ2n) is 11.8. The molecule has 0 aliphatic heterocycles. The van der Waals surface area contributed by atoms with Crippen LogP contribution in [0, 0.1) is 0 Å². The van der Waals surface area contributed by atoms with Crippen LogP contribution < -0.4 is 4.74 Å². The average Bonchev–Trinajstić information content (AvgIpc) is 3.60. The number of benzene rings is 3. The largest absolute Gasteiger partial charge is 0.494 e. The fourth-order valence-corrected chi connectivity index (χ4v) is 6.45. The fourth-order valence-electron chi connectivity index (χ4n) is 6.28. The van der Waals surface area contributed by atoms with Gasteiger partial charge < -0.3 is 13.9 Å². The molecule has 0 saturated heterocycles. The molecule has 2 aromatic heterocycles. The number of imidazole rings is 2. The van der Waals surface area contributed by atoms with Crippen LogP contribution in [0.2, 0.25) is 5.02 Å². The minimum atomic E-state index is -0.625. The maximum Gasteiger partial charge on any atom is 0.254 e. The molecule has 0 fully saturated rings. The molecule has 0 saturated carbocycles. The van der Waals surface area contributed by atoms with Crippen molar-refractivity contribution in [1.82, 2.24) is 19.1 Å². The van der Waals surface area contributed by atoms with Crippen molar-refractivity contribution in [3.05, 3.63) is 111 Å². The first-order chi connectivity index (χ1) is 22.1. The van der Waals surface area contributed by atoms with Gasteiger partial charge in [0.25, 0.3) is 11.6 Å². The molecule has 7 rings (SSSR count). The number of fused-ring (bicyclic) bond motifs is 6. The Morgan fingerprint density at radius 1 is 0.761 bits per heavy atom. The third-order valence-corrected chi connectivity index (χ3v) is 8.76. The molecule has 10 heteroatoms. The summed E-state index contributed by atoms with van der Waals surface area (Å²) in [7, 11) is 1.84.